The molecule has 0 fully saturated rings. The summed E-state index contributed by atoms with van der Waals surface area (Å²) in [6.45, 7) is 0.268. The standard InChI is InChI=1S/C13H11N3O4/c1-15-10(17)6-4-8-9(5-7(6)11(15)18)13(20)16(3-2-14)12(8)19/h4-5H,2-3,14H2,1H3. The molecular weight excluding hydrogens is 262 g/mol. The van der Waals surface area contributed by atoms with Gasteiger partial charge in [-0.25, -0.2) is 0 Å². The van der Waals surface area contributed by atoms with Gasteiger partial charge in [-0.05, 0) is 12.1 Å². The Labute approximate surface area is 111 Å². The van der Waals surface area contributed by atoms with E-state index in [4.69, 9.17) is 5.73 Å². The first-order chi connectivity index (χ1) is 9.47. The van der Waals surface area contributed by atoms with Crippen LogP contribution in [0.3, 0.4) is 0 Å². The van der Waals surface area contributed by atoms with Gasteiger partial charge in [0.05, 0.1) is 21.5 Å². The molecule has 1 aromatic carbocycles. The number of fused-ring (bicyclic) bond motifs is 2. The van der Waals surface area contributed by atoms with Gasteiger partial charge in [-0.2, -0.15) is 0 Å². The largest absolute Gasteiger partial charge is 0.329 e. The molecule has 0 radical (unpaired) electrons. The number of nitrogens with zero attached hydrogens (tertiary/aromatic N) is 2. The molecule has 7 heteroatoms. The monoisotopic (exact) mass is 273 g/mol. The second kappa shape index (κ2) is 3.97. The SMILES string of the molecule is Cn1c(=O)c2cc3c(=O)n(CCN)c(=O)c3cc2c1=O. The van der Waals surface area contributed by atoms with E-state index in [-0.39, 0.29) is 34.6 Å². The highest BCUT2D eigenvalue weighted by Crippen LogP contribution is 2.13. The van der Waals surface area contributed by atoms with Gasteiger partial charge in [0.1, 0.15) is 0 Å². The molecule has 20 heavy (non-hydrogen) atoms. The van der Waals surface area contributed by atoms with Crippen molar-refractivity contribution in [2.45, 2.75) is 6.54 Å². The summed E-state index contributed by atoms with van der Waals surface area (Å²) in [5.41, 5.74) is 3.47. The molecule has 0 aliphatic heterocycles. The predicted molar refractivity (Wildman–Crippen MR) is 74.9 cm³/mol. The molecule has 0 bridgehead atoms. The number of nitrogens with two attached hydrogens (primary N) is 1. The molecule has 7 nitrogen and oxygen atoms in total. The first kappa shape index (κ1) is 12.5. The summed E-state index contributed by atoms with van der Waals surface area (Å²) in [6.07, 6.45) is 0. The molecule has 102 valence electrons. The topological polar surface area (TPSA) is 104 Å². The highest BCUT2D eigenvalue weighted by molar-refractivity contribution is 5.97. The Morgan fingerprint density at radius 3 is 1.65 bits per heavy atom. The zero-order chi connectivity index (χ0) is 14.6. The lowest BCUT2D eigenvalue weighted by Crippen LogP contribution is -2.28. The summed E-state index contributed by atoms with van der Waals surface area (Å²) in [5, 5.41) is 0.622. The van der Waals surface area contributed by atoms with Crippen LogP contribution >= 0.6 is 0 Å². The van der Waals surface area contributed by atoms with Gasteiger partial charge in [0.2, 0.25) is 0 Å². The van der Waals surface area contributed by atoms with Gasteiger partial charge in [-0.3, -0.25) is 28.3 Å². The van der Waals surface area contributed by atoms with Crippen LogP contribution in [0, 0.1) is 0 Å². The van der Waals surface area contributed by atoms with E-state index >= 15 is 0 Å². The van der Waals surface area contributed by atoms with Crippen molar-refractivity contribution in [2.75, 3.05) is 6.54 Å². The Hall–Kier alpha value is -2.54. The van der Waals surface area contributed by atoms with Gasteiger partial charge in [0, 0.05) is 20.1 Å². The van der Waals surface area contributed by atoms with E-state index in [1.165, 1.54) is 19.2 Å². The van der Waals surface area contributed by atoms with E-state index in [2.05, 4.69) is 0 Å². The lowest BCUT2D eigenvalue weighted by molar-refractivity contribution is 0.676. The van der Waals surface area contributed by atoms with Crippen molar-refractivity contribution in [1.82, 2.24) is 9.13 Å². The molecule has 2 heterocycles. The van der Waals surface area contributed by atoms with Gasteiger partial charge in [-0.15, -0.1) is 0 Å². The second-order valence-corrected chi connectivity index (χ2v) is 4.66. The maximum Gasteiger partial charge on any atom is 0.261 e. The molecule has 2 N–H and O–H groups in total. The van der Waals surface area contributed by atoms with E-state index in [0.717, 1.165) is 9.13 Å². The van der Waals surface area contributed by atoms with Crippen LogP contribution in [0.4, 0.5) is 0 Å². The van der Waals surface area contributed by atoms with Crippen LogP contribution in [-0.4, -0.2) is 15.7 Å². The number of hydrogen-bond acceptors (Lipinski definition) is 5. The van der Waals surface area contributed by atoms with Gasteiger partial charge in [-0.1, -0.05) is 0 Å². The smallest absolute Gasteiger partial charge is 0.261 e. The van der Waals surface area contributed by atoms with Crippen LogP contribution in [0.5, 0.6) is 0 Å². The van der Waals surface area contributed by atoms with Crippen molar-refractivity contribution in [3.05, 3.63) is 53.5 Å². The van der Waals surface area contributed by atoms with Crippen molar-refractivity contribution < 1.29 is 0 Å². The molecular formula is C13H11N3O4. The first-order valence-electron chi connectivity index (χ1n) is 6.04. The molecule has 0 aliphatic rings. The van der Waals surface area contributed by atoms with Crippen molar-refractivity contribution in [1.29, 1.82) is 0 Å². The first-order valence-corrected chi connectivity index (χ1v) is 6.04. The Morgan fingerprint density at radius 2 is 1.25 bits per heavy atom. The van der Waals surface area contributed by atoms with Crippen LogP contribution < -0.4 is 28.0 Å². The number of rotatable bonds is 2. The van der Waals surface area contributed by atoms with E-state index < -0.39 is 22.2 Å². The zero-order valence-corrected chi connectivity index (χ0v) is 10.7. The molecule has 0 saturated carbocycles. The zero-order valence-electron chi connectivity index (χ0n) is 10.7. The normalized spacial score (nSPS) is 11.7. The quantitative estimate of drug-likeness (QED) is 0.606. The van der Waals surface area contributed by atoms with Gasteiger partial charge in [0.15, 0.2) is 0 Å². The third kappa shape index (κ3) is 1.38. The number of hydrogen-bond donors (Lipinski definition) is 1. The number of benzene rings is 1. The Balaban J connectivity index is 2.59. The van der Waals surface area contributed by atoms with Gasteiger partial charge in [0.25, 0.3) is 22.2 Å². The predicted octanol–water partition coefficient (Wildman–Crippen LogP) is -1.59. The second-order valence-electron chi connectivity index (χ2n) is 4.66. The molecule has 0 atom stereocenters. The minimum absolute atomic E-state index is 0.110. The molecule has 0 aliphatic carbocycles. The summed E-state index contributed by atoms with van der Waals surface area (Å²) in [4.78, 5) is 48.0. The molecule has 0 spiro atoms. The van der Waals surface area contributed by atoms with Crippen LogP contribution in [0.2, 0.25) is 0 Å². The minimum atomic E-state index is -0.479. The van der Waals surface area contributed by atoms with Crippen molar-refractivity contribution in [3.8, 4) is 0 Å². The highest BCUT2D eigenvalue weighted by atomic mass is 16.2. The van der Waals surface area contributed by atoms with Crippen molar-refractivity contribution >= 4 is 21.5 Å². The van der Waals surface area contributed by atoms with E-state index in [0.29, 0.717) is 0 Å². The maximum atomic E-state index is 12.1. The molecule has 3 rings (SSSR count). The van der Waals surface area contributed by atoms with Crippen LogP contribution in [0.1, 0.15) is 0 Å². The summed E-state index contributed by atoms with van der Waals surface area (Å²) >= 11 is 0. The van der Waals surface area contributed by atoms with Crippen LogP contribution in [0.25, 0.3) is 21.5 Å². The average molecular weight is 273 g/mol. The van der Waals surface area contributed by atoms with Crippen molar-refractivity contribution in [3.63, 3.8) is 0 Å². The molecule has 0 unspecified atom stereocenters. The highest BCUT2D eigenvalue weighted by Gasteiger charge is 2.17. The Bertz CT molecular complexity index is 969. The fourth-order valence-electron chi connectivity index (χ4n) is 2.48. The third-order valence-electron chi connectivity index (χ3n) is 3.53. The van der Waals surface area contributed by atoms with Gasteiger partial charge < -0.3 is 5.73 Å². The third-order valence-corrected chi connectivity index (χ3v) is 3.53. The number of aromatic nitrogens is 2. The van der Waals surface area contributed by atoms with Crippen molar-refractivity contribution in [2.24, 2.45) is 12.8 Å². The molecule has 2 aromatic heterocycles. The maximum absolute atomic E-state index is 12.1. The van der Waals surface area contributed by atoms with E-state index in [1.54, 1.807) is 0 Å². The summed E-state index contributed by atoms with van der Waals surface area (Å²) in [6, 6.07) is 2.65. The summed E-state index contributed by atoms with van der Waals surface area (Å²) in [7, 11) is 1.36. The lowest BCUT2D eigenvalue weighted by atomic mass is 10.1. The molecule has 3 aromatic rings. The minimum Gasteiger partial charge on any atom is -0.329 e. The van der Waals surface area contributed by atoms with Gasteiger partial charge >= 0.3 is 0 Å². The van der Waals surface area contributed by atoms with Crippen LogP contribution in [0.15, 0.2) is 31.3 Å². The molecule has 0 saturated heterocycles. The molecule has 0 amide bonds. The average Bonchev–Trinajstić information content (AvgIpc) is 2.80. The van der Waals surface area contributed by atoms with E-state index in [1.807, 2.05) is 0 Å². The summed E-state index contributed by atoms with van der Waals surface area (Å²) < 4.78 is 1.99. The Kier molecular flexibility index (Phi) is 2.48. The summed E-state index contributed by atoms with van der Waals surface area (Å²) in [5.74, 6) is 0. The van der Waals surface area contributed by atoms with E-state index in [9.17, 15) is 19.2 Å². The lowest BCUT2D eigenvalue weighted by Gasteiger charge is -1.93. The van der Waals surface area contributed by atoms with Crippen LogP contribution in [-0.2, 0) is 13.6 Å². The Morgan fingerprint density at radius 1 is 0.850 bits per heavy atom. The fourth-order valence-corrected chi connectivity index (χ4v) is 2.48. The fraction of sp³-hybridized carbons (Fsp3) is 0.231.